The van der Waals surface area contributed by atoms with Crippen LogP contribution in [0.1, 0.15) is 18.4 Å². The number of hydrogen-bond donors (Lipinski definition) is 1. The van der Waals surface area contributed by atoms with Crippen molar-refractivity contribution in [2.24, 2.45) is 5.92 Å². The molecule has 1 N–H and O–H groups in total. The molecule has 1 aliphatic heterocycles. The molecule has 0 radical (unpaired) electrons. The van der Waals surface area contributed by atoms with Crippen molar-refractivity contribution in [2.45, 2.75) is 25.3 Å². The number of likely N-dealkylation sites (N-methyl/N-ethyl adjacent to an activating group) is 1. The van der Waals surface area contributed by atoms with Crippen LogP contribution in [0.2, 0.25) is 0 Å². The molecule has 0 aliphatic carbocycles. The fourth-order valence-corrected chi connectivity index (χ4v) is 2.86. The van der Waals surface area contributed by atoms with E-state index in [9.17, 15) is 0 Å². The molecular weight excluding hydrogens is 325 g/mol. The van der Waals surface area contributed by atoms with Gasteiger partial charge in [0.1, 0.15) is 0 Å². The van der Waals surface area contributed by atoms with Gasteiger partial charge in [-0.1, -0.05) is 12.1 Å². The van der Waals surface area contributed by atoms with Crippen LogP contribution >= 0.6 is 22.6 Å². The van der Waals surface area contributed by atoms with E-state index in [4.69, 9.17) is 4.74 Å². The first-order valence-corrected chi connectivity index (χ1v) is 7.37. The minimum atomic E-state index is 0.582. The normalized spacial score (nSPS) is 19.2. The average Bonchev–Trinajstić information content (AvgIpc) is 2.39. The summed E-state index contributed by atoms with van der Waals surface area (Å²) in [6.07, 6.45) is 3.50. The molecule has 2 rings (SSSR count). The monoisotopic (exact) mass is 345 g/mol. The zero-order valence-corrected chi connectivity index (χ0v) is 12.4. The summed E-state index contributed by atoms with van der Waals surface area (Å²) in [6, 6.07) is 9.44. The quantitative estimate of drug-likeness (QED) is 0.848. The van der Waals surface area contributed by atoms with Crippen LogP contribution in [0.15, 0.2) is 24.3 Å². The Hall–Kier alpha value is -0.130. The molecule has 2 nitrogen and oxygen atoms in total. The van der Waals surface area contributed by atoms with Gasteiger partial charge >= 0.3 is 0 Å². The molecule has 3 heteroatoms. The molecule has 1 aromatic carbocycles. The molecule has 1 aromatic rings. The zero-order chi connectivity index (χ0) is 12.1. The lowest BCUT2D eigenvalue weighted by Crippen LogP contribution is -2.38. The second kappa shape index (κ2) is 6.71. The van der Waals surface area contributed by atoms with Crippen LogP contribution in [0.25, 0.3) is 0 Å². The van der Waals surface area contributed by atoms with E-state index in [1.54, 1.807) is 0 Å². The van der Waals surface area contributed by atoms with Gasteiger partial charge in [0.2, 0.25) is 0 Å². The van der Waals surface area contributed by atoms with Crippen LogP contribution in [0, 0.1) is 9.49 Å². The predicted molar refractivity (Wildman–Crippen MR) is 79.3 cm³/mol. The smallest absolute Gasteiger partial charge is 0.0469 e. The third-order valence-electron chi connectivity index (χ3n) is 3.57. The third kappa shape index (κ3) is 3.93. The van der Waals surface area contributed by atoms with Gasteiger partial charge in [-0.25, -0.2) is 0 Å². The molecule has 0 bridgehead atoms. The van der Waals surface area contributed by atoms with Gasteiger partial charge in [0, 0.05) is 22.8 Å². The lowest BCUT2D eigenvalue weighted by Gasteiger charge is -2.30. The highest BCUT2D eigenvalue weighted by atomic mass is 127. The van der Waals surface area contributed by atoms with Crippen molar-refractivity contribution >= 4 is 22.6 Å². The van der Waals surface area contributed by atoms with Crippen molar-refractivity contribution in [3.63, 3.8) is 0 Å². The minimum absolute atomic E-state index is 0.582. The molecule has 1 heterocycles. The Morgan fingerprint density at radius 1 is 1.29 bits per heavy atom. The molecule has 1 aliphatic rings. The molecule has 0 aromatic heterocycles. The van der Waals surface area contributed by atoms with Gasteiger partial charge < -0.3 is 10.1 Å². The van der Waals surface area contributed by atoms with Crippen LogP contribution in [-0.2, 0) is 11.2 Å². The maximum atomic E-state index is 5.43. The van der Waals surface area contributed by atoms with Gasteiger partial charge in [0.05, 0.1) is 0 Å². The number of nitrogens with one attached hydrogen (secondary N) is 1. The Bertz CT molecular complexity index is 333. The molecule has 1 unspecified atom stereocenters. The summed E-state index contributed by atoms with van der Waals surface area (Å²) < 4.78 is 6.74. The standard InChI is InChI=1S/C14H20INO/c1-16-14(12-6-8-17-9-7-12)10-11-2-4-13(15)5-3-11/h2-5,12,14,16H,6-10H2,1H3. The van der Waals surface area contributed by atoms with Gasteiger partial charge in [-0.15, -0.1) is 0 Å². The van der Waals surface area contributed by atoms with E-state index in [-0.39, 0.29) is 0 Å². The van der Waals surface area contributed by atoms with Gasteiger partial charge in [0.25, 0.3) is 0 Å². The van der Waals surface area contributed by atoms with E-state index in [0.29, 0.717) is 6.04 Å². The number of rotatable bonds is 4. The predicted octanol–water partition coefficient (Wildman–Crippen LogP) is 2.85. The summed E-state index contributed by atoms with van der Waals surface area (Å²) in [6.45, 7) is 1.85. The summed E-state index contributed by atoms with van der Waals surface area (Å²) in [7, 11) is 2.08. The summed E-state index contributed by atoms with van der Waals surface area (Å²) in [4.78, 5) is 0. The first kappa shape index (κ1) is 13.3. The summed E-state index contributed by atoms with van der Waals surface area (Å²) >= 11 is 2.35. The van der Waals surface area contributed by atoms with E-state index in [0.717, 1.165) is 25.6 Å². The Morgan fingerprint density at radius 3 is 2.53 bits per heavy atom. The van der Waals surface area contributed by atoms with Crippen LogP contribution in [0.5, 0.6) is 0 Å². The number of ether oxygens (including phenoxy) is 1. The molecule has 17 heavy (non-hydrogen) atoms. The Labute approximate surface area is 117 Å². The van der Waals surface area contributed by atoms with Crippen LogP contribution in [0.3, 0.4) is 0 Å². The number of benzene rings is 1. The van der Waals surface area contributed by atoms with Crippen molar-refractivity contribution in [1.29, 1.82) is 0 Å². The van der Waals surface area contributed by atoms with Crippen molar-refractivity contribution in [2.75, 3.05) is 20.3 Å². The molecule has 1 fully saturated rings. The SMILES string of the molecule is CNC(Cc1ccc(I)cc1)C1CCOCC1. The van der Waals surface area contributed by atoms with Crippen molar-refractivity contribution in [3.05, 3.63) is 33.4 Å². The second-order valence-corrected chi connectivity index (χ2v) is 5.92. The highest BCUT2D eigenvalue weighted by Crippen LogP contribution is 2.21. The molecule has 94 valence electrons. The fraction of sp³-hybridized carbons (Fsp3) is 0.571. The maximum Gasteiger partial charge on any atom is 0.0469 e. The number of hydrogen-bond acceptors (Lipinski definition) is 2. The molecule has 1 atom stereocenters. The topological polar surface area (TPSA) is 21.3 Å². The maximum absolute atomic E-state index is 5.43. The van der Waals surface area contributed by atoms with Crippen molar-refractivity contribution in [1.82, 2.24) is 5.32 Å². The van der Waals surface area contributed by atoms with E-state index in [2.05, 4.69) is 59.2 Å². The molecule has 1 saturated heterocycles. The van der Waals surface area contributed by atoms with E-state index < -0.39 is 0 Å². The molecule has 0 saturated carbocycles. The van der Waals surface area contributed by atoms with Crippen molar-refractivity contribution in [3.8, 4) is 0 Å². The van der Waals surface area contributed by atoms with E-state index in [1.165, 1.54) is 22.0 Å². The number of halogens is 1. The molecular formula is C14H20INO. The molecule has 0 spiro atoms. The van der Waals surface area contributed by atoms with Gasteiger partial charge in [0.15, 0.2) is 0 Å². The summed E-state index contributed by atoms with van der Waals surface area (Å²) in [5.74, 6) is 0.757. The Balaban J connectivity index is 1.96. The van der Waals surface area contributed by atoms with E-state index >= 15 is 0 Å². The minimum Gasteiger partial charge on any atom is -0.381 e. The van der Waals surface area contributed by atoms with Crippen LogP contribution in [-0.4, -0.2) is 26.3 Å². The zero-order valence-electron chi connectivity index (χ0n) is 10.3. The van der Waals surface area contributed by atoms with E-state index in [1.807, 2.05) is 0 Å². The van der Waals surface area contributed by atoms with Gasteiger partial charge in [-0.2, -0.15) is 0 Å². The highest BCUT2D eigenvalue weighted by Gasteiger charge is 2.22. The lowest BCUT2D eigenvalue weighted by atomic mass is 9.88. The van der Waals surface area contributed by atoms with Crippen LogP contribution < -0.4 is 5.32 Å². The lowest BCUT2D eigenvalue weighted by molar-refractivity contribution is 0.0547. The summed E-state index contributed by atoms with van der Waals surface area (Å²) in [5, 5.41) is 3.48. The van der Waals surface area contributed by atoms with Crippen LogP contribution in [0.4, 0.5) is 0 Å². The Kier molecular flexibility index (Phi) is 5.25. The second-order valence-electron chi connectivity index (χ2n) is 4.68. The first-order valence-electron chi connectivity index (χ1n) is 6.29. The molecule has 0 amide bonds. The van der Waals surface area contributed by atoms with Gasteiger partial charge in [-0.3, -0.25) is 0 Å². The largest absolute Gasteiger partial charge is 0.381 e. The fourth-order valence-electron chi connectivity index (χ4n) is 2.50. The summed E-state index contributed by atoms with van der Waals surface area (Å²) in [5.41, 5.74) is 1.43. The van der Waals surface area contributed by atoms with Gasteiger partial charge in [-0.05, 0) is 72.5 Å². The van der Waals surface area contributed by atoms with Crippen molar-refractivity contribution < 1.29 is 4.74 Å². The average molecular weight is 345 g/mol. The third-order valence-corrected chi connectivity index (χ3v) is 4.29. The first-order chi connectivity index (χ1) is 8.29. The Morgan fingerprint density at radius 2 is 1.94 bits per heavy atom. The highest BCUT2D eigenvalue weighted by molar-refractivity contribution is 14.1.